The quantitative estimate of drug-likeness (QED) is 0.749. The Labute approximate surface area is 90.7 Å². The zero-order chi connectivity index (χ0) is 9.68. The van der Waals surface area contributed by atoms with Crippen LogP contribution in [0.4, 0.5) is 0 Å². The molecule has 1 heterocycles. The lowest BCUT2D eigenvalue weighted by Gasteiger charge is -2.08. The van der Waals surface area contributed by atoms with Gasteiger partial charge in [-0.2, -0.15) is 0 Å². The summed E-state index contributed by atoms with van der Waals surface area (Å²) in [5, 5.41) is 2.89. The zero-order valence-electron chi connectivity index (χ0n) is 7.70. The monoisotopic (exact) mass is 263 g/mol. The molecule has 0 aromatic carbocycles. The van der Waals surface area contributed by atoms with Gasteiger partial charge in [-0.25, -0.2) is 0 Å². The predicted octanol–water partition coefficient (Wildman–Crippen LogP) is 2.72. The van der Waals surface area contributed by atoms with Gasteiger partial charge in [0.2, 0.25) is 0 Å². The van der Waals surface area contributed by atoms with Gasteiger partial charge >= 0.3 is 4.87 Å². The number of aryl methyl sites for hydroxylation is 1. The van der Waals surface area contributed by atoms with E-state index in [-0.39, 0.29) is 4.87 Å². The summed E-state index contributed by atoms with van der Waals surface area (Å²) in [7, 11) is 0. The second-order valence-electron chi connectivity index (χ2n) is 3.23. The largest absolute Gasteiger partial charge is 0.307 e. The lowest BCUT2D eigenvalue weighted by atomic mass is 10.1. The van der Waals surface area contributed by atoms with Crippen molar-refractivity contribution in [3.05, 3.63) is 21.2 Å². The third kappa shape index (κ3) is 3.65. The highest BCUT2D eigenvalue weighted by Crippen LogP contribution is 2.10. The van der Waals surface area contributed by atoms with Crippen molar-refractivity contribution in [1.29, 1.82) is 0 Å². The number of aromatic nitrogens is 1. The molecule has 1 aromatic heterocycles. The summed E-state index contributed by atoms with van der Waals surface area (Å²) < 4.78 is 1.79. The summed E-state index contributed by atoms with van der Waals surface area (Å²) in [5.74, 6) is 0.686. The number of nitrogens with zero attached hydrogens (tertiary/aromatic N) is 1. The SMILES string of the molecule is CC(CCBr)CCn1ccsc1=O. The van der Waals surface area contributed by atoms with Crippen LogP contribution in [0.3, 0.4) is 0 Å². The van der Waals surface area contributed by atoms with E-state index in [0.29, 0.717) is 5.92 Å². The van der Waals surface area contributed by atoms with E-state index in [9.17, 15) is 4.79 Å². The number of thiazole rings is 1. The van der Waals surface area contributed by atoms with Crippen LogP contribution in [0.5, 0.6) is 0 Å². The Bertz CT molecular complexity index is 294. The highest BCUT2D eigenvalue weighted by Gasteiger charge is 2.02. The Kier molecular flexibility index (Phi) is 4.73. The minimum Gasteiger partial charge on any atom is -0.306 e. The van der Waals surface area contributed by atoms with Gasteiger partial charge in [0.1, 0.15) is 0 Å². The average molecular weight is 264 g/mol. The van der Waals surface area contributed by atoms with E-state index >= 15 is 0 Å². The number of rotatable bonds is 5. The molecular formula is C9H14BrNOS. The zero-order valence-corrected chi connectivity index (χ0v) is 10.1. The normalized spacial score (nSPS) is 13.1. The molecular weight excluding hydrogens is 250 g/mol. The van der Waals surface area contributed by atoms with Gasteiger partial charge in [-0.05, 0) is 18.8 Å². The molecule has 0 amide bonds. The Hall–Kier alpha value is -0.0900. The van der Waals surface area contributed by atoms with Gasteiger partial charge in [-0.1, -0.05) is 34.2 Å². The Morgan fingerprint density at radius 1 is 1.62 bits per heavy atom. The van der Waals surface area contributed by atoms with Gasteiger partial charge in [0.25, 0.3) is 0 Å². The van der Waals surface area contributed by atoms with E-state index in [4.69, 9.17) is 0 Å². The summed E-state index contributed by atoms with van der Waals surface area (Å²) in [6.07, 6.45) is 4.13. The molecule has 0 aliphatic rings. The van der Waals surface area contributed by atoms with E-state index in [2.05, 4.69) is 22.9 Å². The van der Waals surface area contributed by atoms with Crippen molar-refractivity contribution in [2.45, 2.75) is 26.3 Å². The molecule has 1 atom stereocenters. The van der Waals surface area contributed by atoms with Gasteiger partial charge in [-0.3, -0.25) is 4.79 Å². The van der Waals surface area contributed by atoms with Crippen molar-refractivity contribution in [3.63, 3.8) is 0 Å². The molecule has 0 spiro atoms. The molecule has 13 heavy (non-hydrogen) atoms. The summed E-state index contributed by atoms with van der Waals surface area (Å²) in [4.78, 5) is 11.3. The molecule has 0 N–H and O–H groups in total. The van der Waals surface area contributed by atoms with Gasteiger partial charge in [0, 0.05) is 23.5 Å². The minimum atomic E-state index is 0.158. The first-order valence-electron chi connectivity index (χ1n) is 4.44. The summed E-state index contributed by atoms with van der Waals surface area (Å²) >= 11 is 4.68. The van der Waals surface area contributed by atoms with Crippen LogP contribution >= 0.6 is 27.3 Å². The van der Waals surface area contributed by atoms with Crippen LogP contribution in [-0.2, 0) is 6.54 Å². The molecule has 0 fully saturated rings. The van der Waals surface area contributed by atoms with Crippen LogP contribution < -0.4 is 4.87 Å². The fourth-order valence-corrected chi connectivity index (χ4v) is 2.54. The molecule has 1 rings (SSSR count). The number of hydrogen-bond donors (Lipinski definition) is 0. The predicted molar refractivity (Wildman–Crippen MR) is 60.8 cm³/mol. The highest BCUT2D eigenvalue weighted by atomic mass is 79.9. The van der Waals surface area contributed by atoms with Crippen LogP contribution in [0.1, 0.15) is 19.8 Å². The molecule has 1 unspecified atom stereocenters. The van der Waals surface area contributed by atoms with Crippen LogP contribution in [-0.4, -0.2) is 9.90 Å². The van der Waals surface area contributed by atoms with Crippen LogP contribution in [0.2, 0.25) is 0 Å². The van der Waals surface area contributed by atoms with Crippen molar-refractivity contribution < 1.29 is 0 Å². The van der Waals surface area contributed by atoms with E-state index < -0.39 is 0 Å². The number of alkyl halides is 1. The first-order chi connectivity index (χ1) is 6.24. The maximum atomic E-state index is 11.2. The fraction of sp³-hybridized carbons (Fsp3) is 0.667. The smallest absolute Gasteiger partial charge is 0.306 e. The Balaban J connectivity index is 2.35. The van der Waals surface area contributed by atoms with Crippen molar-refractivity contribution in [3.8, 4) is 0 Å². The van der Waals surface area contributed by atoms with Crippen molar-refractivity contribution in [1.82, 2.24) is 4.57 Å². The number of hydrogen-bond acceptors (Lipinski definition) is 2. The van der Waals surface area contributed by atoms with E-state index in [1.807, 2.05) is 11.6 Å². The van der Waals surface area contributed by atoms with Crippen molar-refractivity contribution in [2.24, 2.45) is 5.92 Å². The van der Waals surface area contributed by atoms with Crippen LogP contribution in [0, 0.1) is 5.92 Å². The maximum Gasteiger partial charge on any atom is 0.307 e. The average Bonchev–Trinajstić information content (AvgIpc) is 2.48. The van der Waals surface area contributed by atoms with Gasteiger partial charge in [-0.15, -0.1) is 0 Å². The van der Waals surface area contributed by atoms with E-state index in [1.165, 1.54) is 17.8 Å². The second kappa shape index (κ2) is 5.60. The Morgan fingerprint density at radius 2 is 2.38 bits per heavy atom. The summed E-state index contributed by atoms with van der Waals surface area (Å²) in [6.45, 7) is 3.08. The van der Waals surface area contributed by atoms with Gasteiger partial charge < -0.3 is 4.57 Å². The second-order valence-corrected chi connectivity index (χ2v) is 4.88. The van der Waals surface area contributed by atoms with Crippen LogP contribution in [0.25, 0.3) is 0 Å². The molecule has 0 aliphatic heterocycles. The molecule has 0 saturated carbocycles. The third-order valence-corrected chi connectivity index (χ3v) is 3.26. The van der Waals surface area contributed by atoms with Gasteiger partial charge in [0.05, 0.1) is 0 Å². The molecule has 4 heteroatoms. The maximum absolute atomic E-state index is 11.2. The first kappa shape index (κ1) is 11.0. The molecule has 74 valence electrons. The van der Waals surface area contributed by atoms with Crippen molar-refractivity contribution >= 4 is 27.3 Å². The molecule has 0 saturated heterocycles. The Morgan fingerprint density at radius 3 is 2.92 bits per heavy atom. The molecule has 1 aromatic rings. The first-order valence-corrected chi connectivity index (χ1v) is 6.44. The van der Waals surface area contributed by atoms with Gasteiger partial charge in [0.15, 0.2) is 0 Å². The van der Waals surface area contributed by atoms with Crippen LogP contribution in [0.15, 0.2) is 16.4 Å². The van der Waals surface area contributed by atoms with Crippen molar-refractivity contribution in [2.75, 3.05) is 5.33 Å². The lowest BCUT2D eigenvalue weighted by Crippen LogP contribution is -2.13. The van der Waals surface area contributed by atoms with E-state index in [0.717, 1.165) is 18.3 Å². The molecule has 0 radical (unpaired) electrons. The standard InChI is InChI=1S/C9H14BrNOS/c1-8(2-4-10)3-5-11-6-7-13-9(11)12/h6-8H,2-5H2,1H3. The number of halogens is 1. The molecule has 2 nitrogen and oxygen atoms in total. The fourth-order valence-electron chi connectivity index (χ4n) is 1.15. The summed E-state index contributed by atoms with van der Waals surface area (Å²) in [6, 6.07) is 0. The third-order valence-electron chi connectivity index (χ3n) is 2.11. The molecule has 0 bridgehead atoms. The summed E-state index contributed by atoms with van der Waals surface area (Å²) in [5.41, 5.74) is 0. The lowest BCUT2D eigenvalue weighted by molar-refractivity contribution is 0.470. The highest BCUT2D eigenvalue weighted by molar-refractivity contribution is 9.09. The molecule has 0 aliphatic carbocycles. The topological polar surface area (TPSA) is 22.0 Å². The minimum absolute atomic E-state index is 0.158. The van der Waals surface area contributed by atoms with E-state index in [1.54, 1.807) is 4.57 Å².